The first-order valence-corrected chi connectivity index (χ1v) is 7.70. The van der Waals surface area contributed by atoms with Gasteiger partial charge in [0.15, 0.2) is 6.10 Å². The van der Waals surface area contributed by atoms with Gasteiger partial charge < -0.3 is 15.8 Å². The fourth-order valence-electron chi connectivity index (χ4n) is 2.22. The molecule has 0 fully saturated rings. The summed E-state index contributed by atoms with van der Waals surface area (Å²) in [7, 11) is 0. The molecule has 3 N–H and O–H groups in total. The van der Waals surface area contributed by atoms with Crippen molar-refractivity contribution in [2.24, 2.45) is 5.73 Å². The van der Waals surface area contributed by atoms with E-state index < -0.39 is 29.8 Å². The number of nitrogens with two attached hydrogens (primary N) is 1. The van der Waals surface area contributed by atoms with Crippen LogP contribution in [0.25, 0.3) is 0 Å². The molecule has 8 heteroatoms. The summed E-state index contributed by atoms with van der Waals surface area (Å²) in [6.07, 6.45) is -5.64. The Hall–Kier alpha value is -2.25. The molecular weight excluding hydrogens is 369 g/mol. The van der Waals surface area contributed by atoms with Crippen LogP contribution in [0.5, 0.6) is 5.75 Å². The van der Waals surface area contributed by atoms with Gasteiger partial charge in [-0.15, -0.1) is 12.4 Å². The van der Waals surface area contributed by atoms with E-state index in [4.69, 9.17) is 10.5 Å². The van der Waals surface area contributed by atoms with Gasteiger partial charge in [0, 0.05) is 12.6 Å². The maximum Gasteiger partial charge on any atom is 0.419 e. The van der Waals surface area contributed by atoms with Crippen molar-refractivity contribution in [1.29, 1.82) is 0 Å². The Labute approximate surface area is 155 Å². The molecule has 2 atom stereocenters. The van der Waals surface area contributed by atoms with E-state index in [2.05, 4.69) is 5.32 Å². The molecule has 0 heterocycles. The first-order valence-electron chi connectivity index (χ1n) is 7.70. The van der Waals surface area contributed by atoms with Crippen molar-refractivity contribution in [3.05, 3.63) is 65.7 Å². The predicted molar refractivity (Wildman–Crippen MR) is 95.2 cm³/mol. The average molecular weight is 389 g/mol. The van der Waals surface area contributed by atoms with Crippen LogP contribution < -0.4 is 15.8 Å². The van der Waals surface area contributed by atoms with Crippen LogP contribution in [0.15, 0.2) is 54.6 Å². The van der Waals surface area contributed by atoms with Gasteiger partial charge in [0.05, 0.1) is 5.56 Å². The van der Waals surface area contributed by atoms with Gasteiger partial charge in [0.1, 0.15) is 5.75 Å². The first kappa shape index (κ1) is 21.8. The predicted octanol–water partition coefficient (Wildman–Crippen LogP) is 3.71. The average Bonchev–Trinajstić information content (AvgIpc) is 2.59. The molecule has 0 radical (unpaired) electrons. The summed E-state index contributed by atoms with van der Waals surface area (Å²) in [5.74, 6) is -0.923. The van der Waals surface area contributed by atoms with Crippen LogP contribution >= 0.6 is 12.4 Å². The van der Waals surface area contributed by atoms with Crippen LogP contribution in [0.4, 0.5) is 13.2 Å². The summed E-state index contributed by atoms with van der Waals surface area (Å²) in [5, 5.41) is 2.59. The largest absolute Gasteiger partial charge is 0.480 e. The summed E-state index contributed by atoms with van der Waals surface area (Å²) in [6, 6.07) is 13.5. The maximum atomic E-state index is 12.9. The van der Waals surface area contributed by atoms with Gasteiger partial charge in [-0.3, -0.25) is 4.79 Å². The number of halogens is 4. The number of hydrogen-bond acceptors (Lipinski definition) is 3. The summed E-state index contributed by atoms with van der Waals surface area (Å²) in [4.78, 5) is 12.1. The first-order chi connectivity index (χ1) is 11.8. The van der Waals surface area contributed by atoms with Gasteiger partial charge in [0.2, 0.25) is 0 Å². The highest BCUT2D eigenvalue weighted by Crippen LogP contribution is 2.36. The fraction of sp³-hybridized carbons (Fsp3) is 0.278. The molecule has 0 aliphatic rings. The van der Waals surface area contributed by atoms with E-state index in [1.165, 1.54) is 25.1 Å². The highest BCUT2D eigenvalue weighted by molar-refractivity contribution is 5.85. The van der Waals surface area contributed by atoms with E-state index >= 15 is 0 Å². The van der Waals surface area contributed by atoms with Crippen LogP contribution in [0.2, 0.25) is 0 Å². The lowest BCUT2D eigenvalue weighted by molar-refractivity contribution is -0.140. The maximum absolute atomic E-state index is 12.9. The molecule has 0 saturated carbocycles. The standard InChI is InChI=1S/C18H19F3N2O2.ClH/c1-12(25-16-10-6-5-9-14(16)18(19,20)21)17(24)23-11-15(22)13-7-3-2-4-8-13;/h2-10,12,15H,11,22H2,1H3,(H,23,24);1H. The minimum Gasteiger partial charge on any atom is -0.480 e. The third-order valence-electron chi connectivity index (χ3n) is 3.59. The number of carbonyl (C=O) groups is 1. The minimum atomic E-state index is -4.55. The zero-order valence-corrected chi connectivity index (χ0v) is 14.8. The Balaban J connectivity index is 0.00000338. The van der Waals surface area contributed by atoms with Crippen molar-refractivity contribution in [3.8, 4) is 5.75 Å². The lowest BCUT2D eigenvalue weighted by Crippen LogP contribution is -2.40. The highest BCUT2D eigenvalue weighted by atomic mass is 35.5. The quantitative estimate of drug-likeness (QED) is 0.792. The smallest absolute Gasteiger partial charge is 0.419 e. The SMILES string of the molecule is CC(Oc1ccccc1C(F)(F)F)C(=O)NCC(N)c1ccccc1.Cl. The number of amides is 1. The summed E-state index contributed by atoms with van der Waals surface area (Å²) in [6.45, 7) is 1.54. The summed E-state index contributed by atoms with van der Waals surface area (Å²) < 4.78 is 44.0. The molecule has 0 spiro atoms. The molecule has 0 aliphatic carbocycles. The van der Waals surface area contributed by atoms with Gasteiger partial charge in [0.25, 0.3) is 5.91 Å². The number of ether oxygens (including phenoxy) is 1. The third-order valence-corrected chi connectivity index (χ3v) is 3.59. The van der Waals surface area contributed by atoms with Gasteiger partial charge in [-0.2, -0.15) is 13.2 Å². The van der Waals surface area contributed by atoms with Crippen LogP contribution in [0, 0.1) is 0 Å². The Morgan fingerprint density at radius 2 is 1.69 bits per heavy atom. The zero-order valence-electron chi connectivity index (χ0n) is 14.0. The highest BCUT2D eigenvalue weighted by Gasteiger charge is 2.34. The minimum absolute atomic E-state index is 0. The van der Waals surface area contributed by atoms with Crippen molar-refractivity contribution < 1.29 is 22.7 Å². The lowest BCUT2D eigenvalue weighted by atomic mass is 10.1. The number of hydrogen-bond donors (Lipinski definition) is 2. The Morgan fingerprint density at radius 3 is 2.31 bits per heavy atom. The third kappa shape index (κ3) is 5.93. The van der Waals surface area contributed by atoms with E-state index in [9.17, 15) is 18.0 Å². The fourth-order valence-corrected chi connectivity index (χ4v) is 2.22. The molecule has 0 aromatic heterocycles. The second-order valence-electron chi connectivity index (χ2n) is 5.52. The number of rotatable bonds is 6. The molecule has 0 saturated heterocycles. The molecule has 0 bridgehead atoms. The van der Waals surface area contributed by atoms with Crippen LogP contribution in [0.1, 0.15) is 24.1 Å². The van der Waals surface area contributed by atoms with E-state index in [1.54, 1.807) is 0 Å². The van der Waals surface area contributed by atoms with E-state index in [0.717, 1.165) is 11.6 Å². The molecule has 26 heavy (non-hydrogen) atoms. The summed E-state index contributed by atoms with van der Waals surface area (Å²) >= 11 is 0. The topological polar surface area (TPSA) is 64.3 Å². The van der Waals surface area contributed by atoms with Gasteiger partial charge >= 0.3 is 6.18 Å². The van der Waals surface area contributed by atoms with Gasteiger partial charge in [-0.05, 0) is 24.6 Å². The molecule has 1 amide bonds. The van der Waals surface area contributed by atoms with Crippen molar-refractivity contribution in [2.75, 3.05) is 6.54 Å². The van der Waals surface area contributed by atoms with Crippen molar-refractivity contribution >= 4 is 18.3 Å². The number of para-hydroxylation sites is 1. The normalized spacial score (nSPS) is 13.3. The van der Waals surface area contributed by atoms with E-state index in [-0.39, 0.29) is 24.7 Å². The summed E-state index contributed by atoms with van der Waals surface area (Å²) in [5.41, 5.74) is 5.90. The Morgan fingerprint density at radius 1 is 1.12 bits per heavy atom. The van der Waals surface area contributed by atoms with Gasteiger partial charge in [-0.1, -0.05) is 42.5 Å². The lowest BCUT2D eigenvalue weighted by Gasteiger charge is -2.19. The second-order valence-corrected chi connectivity index (χ2v) is 5.52. The van der Waals surface area contributed by atoms with Crippen LogP contribution in [-0.4, -0.2) is 18.6 Å². The number of benzene rings is 2. The molecule has 2 rings (SSSR count). The van der Waals surface area contributed by atoms with Crippen LogP contribution in [-0.2, 0) is 11.0 Å². The number of alkyl halides is 3. The molecule has 4 nitrogen and oxygen atoms in total. The Kier molecular flexibility index (Phi) is 7.92. The van der Waals surface area contributed by atoms with Crippen LogP contribution in [0.3, 0.4) is 0 Å². The molecular formula is C18H20ClF3N2O2. The van der Waals surface area contributed by atoms with Crippen molar-refractivity contribution in [1.82, 2.24) is 5.32 Å². The van der Waals surface area contributed by atoms with Crippen molar-refractivity contribution in [3.63, 3.8) is 0 Å². The number of carbonyl (C=O) groups excluding carboxylic acids is 1. The Bertz CT molecular complexity index is 711. The molecule has 2 unspecified atom stereocenters. The van der Waals surface area contributed by atoms with Gasteiger partial charge in [-0.25, -0.2) is 0 Å². The second kappa shape index (κ2) is 9.45. The molecule has 2 aromatic carbocycles. The molecule has 0 aliphatic heterocycles. The number of nitrogens with one attached hydrogen (secondary N) is 1. The zero-order chi connectivity index (χ0) is 18.4. The van der Waals surface area contributed by atoms with Crippen molar-refractivity contribution in [2.45, 2.75) is 25.2 Å². The monoisotopic (exact) mass is 388 g/mol. The van der Waals surface area contributed by atoms with E-state index in [1.807, 2.05) is 30.3 Å². The molecule has 2 aromatic rings. The van der Waals surface area contributed by atoms with E-state index in [0.29, 0.717) is 0 Å². The molecule has 142 valence electrons.